The predicted molar refractivity (Wildman–Crippen MR) is 82.0 cm³/mol. The fraction of sp³-hybridized carbons (Fsp3) is 0.412. The van der Waals surface area contributed by atoms with Gasteiger partial charge in [-0.05, 0) is 37.8 Å². The molecule has 1 fully saturated rings. The van der Waals surface area contributed by atoms with Crippen LogP contribution in [0.2, 0.25) is 0 Å². The van der Waals surface area contributed by atoms with Crippen LogP contribution in [0, 0.1) is 18.7 Å². The van der Waals surface area contributed by atoms with Gasteiger partial charge in [-0.3, -0.25) is 4.79 Å². The molecule has 1 aliphatic heterocycles. The molecule has 5 heteroatoms. The number of benzene rings is 1. The van der Waals surface area contributed by atoms with Crippen LogP contribution in [0.25, 0.3) is 0 Å². The van der Waals surface area contributed by atoms with Gasteiger partial charge < -0.3 is 9.47 Å². The van der Waals surface area contributed by atoms with Crippen molar-refractivity contribution < 1.29 is 9.18 Å². The van der Waals surface area contributed by atoms with E-state index in [1.165, 1.54) is 6.07 Å². The summed E-state index contributed by atoms with van der Waals surface area (Å²) >= 11 is 0. The van der Waals surface area contributed by atoms with E-state index in [-0.39, 0.29) is 11.5 Å². The van der Waals surface area contributed by atoms with Crippen molar-refractivity contribution in [2.75, 3.05) is 13.1 Å². The number of nitrogens with zero attached hydrogens (tertiary/aromatic N) is 3. The number of likely N-dealkylation sites (tertiary alicyclic amines) is 1. The fourth-order valence-corrected chi connectivity index (χ4v) is 3.00. The van der Waals surface area contributed by atoms with E-state index in [0.717, 1.165) is 25.2 Å². The fourth-order valence-electron chi connectivity index (χ4n) is 3.00. The normalized spacial score (nSPS) is 16.0. The summed E-state index contributed by atoms with van der Waals surface area (Å²) in [5.74, 6) is 0.918. The number of aryl methyl sites for hydroxylation is 1. The third kappa shape index (κ3) is 3.03. The number of imidazole rings is 1. The van der Waals surface area contributed by atoms with Gasteiger partial charge in [0.1, 0.15) is 11.6 Å². The van der Waals surface area contributed by atoms with Crippen molar-refractivity contribution in [2.45, 2.75) is 26.3 Å². The Bertz CT molecular complexity index is 659. The van der Waals surface area contributed by atoms with Crippen molar-refractivity contribution in [2.24, 2.45) is 5.92 Å². The van der Waals surface area contributed by atoms with Crippen LogP contribution < -0.4 is 0 Å². The van der Waals surface area contributed by atoms with Gasteiger partial charge in [-0.1, -0.05) is 12.1 Å². The van der Waals surface area contributed by atoms with Gasteiger partial charge in [-0.2, -0.15) is 0 Å². The van der Waals surface area contributed by atoms with Gasteiger partial charge in [0, 0.05) is 32.0 Å². The van der Waals surface area contributed by atoms with Gasteiger partial charge in [-0.25, -0.2) is 9.37 Å². The van der Waals surface area contributed by atoms with E-state index in [4.69, 9.17) is 0 Å². The summed E-state index contributed by atoms with van der Waals surface area (Å²) in [5.41, 5.74) is 0.173. The van der Waals surface area contributed by atoms with Gasteiger partial charge in [0.25, 0.3) is 5.91 Å². The lowest BCUT2D eigenvalue weighted by Crippen LogP contribution is -2.39. The molecule has 0 spiro atoms. The second-order valence-electron chi connectivity index (χ2n) is 5.84. The number of aromatic nitrogens is 2. The summed E-state index contributed by atoms with van der Waals surface area (Å²) in [7, 11) is 0. The van der Waals surface area contributed by atoms with Crippen molar-refractivity contribution >= 4 is 5.91 Å². The highest BCUT2D eigenvalue weighted by Crippen LogP contribution is 2.21. The second kappa shape index (κ2) is 6.30. The number of hydrogen-bond donors (Lipinski definition) is 0. The summed E-state index contributed by atoms with van der Waals surface area (Å²) in [6.45, 7) is 4.31. The van der Waals surface area contributed by atoms with Crippen LogP contribution in [0.4, 0.5) is 4.39 Å². The maximum absolute atomic E-state index is 13.7. The third-order valence-corrected chi connectivity index (χ3v) is 4.38. The third-order valence-electron chi connectivity index (χ3n) is 4.38. The Morgan fingerprint density at radius 1 is 1.32 bits per heavy atom. The minimum Gasteiger partial charge on any atom is -0.339 e. The molecule has 2 aromatic rings. The first-order valence-electron chi connectivity index (χ1n) is 7.66. The van der Waals surface area contributed by atoms with Gasteiger partial charge >= 0.3 is 0 Å². The minimum atomic E-state index is -0.441. The average molecular weight is 301 g/mol. The van der Waals surface area contributed by atoms with Crippen LogP contribution in [0.3, 0.4) is 0 Å². The quantitative estimate of drug-likeness (QED) is 0.874. The van der Waals surface area contributed by atoms with E-state index in [0.29, 0.717) is 19.0 Å². The molecule has 0 saturated carbocycles. The lowest BCUT2D eigenvalue weighted by Gasteiger charge is -2.32. The van der Waals surface area contributed by atoms with E-state index in [1.54, 1.807) is 23.1 Å². The molecular weight excluding hydrogens is 281 g/mol. The number of piperidine rings is 1. The Hall–Kier alpha value is -2.17. The van der Waals surface area contributed by atoms with E-state index in [9.17, 15) is 9.18 Å². The molecule has 4 nitrogen and oxygen atoms in total. The SMILES string of the molecule is Cc1nccn1CC1CCN(C(=O)c2ccccc2F)CC1. The van der Waals surface area contributed by atoms with E-state index in [1.807, 2.05) is 19.3 Å². The van der Waals surface area contributed by atoms with Crippen LogP contribution in [0.5, 0.6) is 0 Å². The summed E-state index contributed by atoms with van der Waals surface area (Å²) in [6.07, 6.45) is 5.69. The topological polar surface area (TPSA) is 38.1 Å². The monoisotopic (exact) mass is 301 g/mol. The molecule has 22 heavy (non-hydrogen) atoms. The number of carbonyl (C=O) groups excluding carboxylic acids is 1. The number of carbonyl (C=O) groups is 1. The molecule has 0 aliphatic carbocycles. The molecule has 0 N–H and O–H groups in total. The molecular formula is C17H20FN3O. The van der Waals surface area contributed by atoms with Gasteiger partial charge in [0.2, 0.25) is 0 Å². The standard InChI is InChI=1S/C17H20FN3O/c1-13-19-8-11-21(13)12-14-6-9-20(10-7-14)17(22)15-4-2-3-5-16(15)18/h2-5,8,11,14H,6-7,9-10,12H2,1H3. The molecule has 0 bridgehead atoms. The van der Waals surface area contributed by atoms with Crippen LogP contribution in [0.15, 0.2) is 36.7 Å². The Morgan fingerprint density at radius 3 is 2.68 bits per heavy atom. The molecule has 0 radical (unpaired) electrons. The number of halogens is 1. The molecule has 1 aromatic carbocycles. The molecule has 1 amide bonds. The number of hydrogen-bond acceptors (Lipinski definition) is 2. The van der Waals surface area contributed by atoms with Gasteiger partial charge in [0.15, 0.2) is 0 Å². The first-order valence-corrected chi connectivity index (χ1v) is 7.66. The number of amides is 1. The molecule has 1 aliphatic rings. The highest BCUT2D eigenvalue weighted by molar-refractivity contribution is 5.94. The Kier molecular flexibility index (Phi) is 4.22. The van der Waals surface area contributed by atoms with Crippen LogP contribution in [-0.4, -0.2) is 33.4 Å². The zero-order valence-corrected chi connectivity index (χ0v) is 12.7. The maximum atomic E-state index is 13.7. The van der Waals surface area contributed by atoms with Crippen molar-refractivity contribution in [3.8, 4) is 0 Å². The van der Waals surface area contributed by atoms with Crippen LogP contribution in [-0.2, 0) is 6.54 Å². The number of rotatable bonds is 3. The first kappa shape index (κ1) is 14.8. The van der Waals surface area contributed by atoms with Gasteiger partial charge in [-0.15, -0.1) is 0 Å². The molecule has 1 saturated heterocycles. The van der Waals surface area contributed by atoms with Crippen molar-refractivity contribution in [3.05, 3.63) is 53.9 Å². The predicted octanol–water partition coefficient (Wildman–Crippen LogP) is 2.88. The van der Waals surface area contributed by atoms with Crippen LogP contribution in [0.1, 0.15) is 29.0 Å². The lowest BCUT2D eigenvalue weighted by atomic mass is 9.96. The Morgan fingerprint density at radius 2 is 2.05 bits per heavy atom. The van der Waals surface area contributed by atoms with Crippen LogP contribution >= 0.6 is 0 Å². The lowest BCUT2D eigenvalue weighted by molar-refractivity contribution is 0.0678. The molecule has 0 atom stereocenters. The largest absolute Gasteiger partial charge is 0.339 e. The van der Waals surface area contributed by atoms with Crippen molar-refractivity contribution in [3.63, 3.8) is 0 Å². The molecule has 116 valence electrons. The van der Waals surface area contributed by atoms with E-state index >= 15 is 0 Å². The Balaban J connectivity index is 1.59. The highest BCUT2D eigenvalue weighted by atomic mass is 19.1. The van der Waals surface area contributed by atoms with Crippen molar-refractivity contribution in [1.82, 2.24) is 14.5 Å². The molecule has 2 heterocycles. The zero-order valence-electron chi connectivity index (χ0n) is 12.7. The molecule has 1 aromatic heterocycles. The summed E-state index contributed by atoms with van der Waals surface area (Å²) in [4.78, 5) is 18.4. The van der Waals surface area contributed by atoms with Gasteiger partial charge in [0.05, 0.1) is 5.56 Å². The smallest absolute Gasteiger partial charge is 0.256 e. The average Bonchev–Trinajstić information content (AvgIpc) is 2.93. The maximum Gasteiger partial charge on any atom is 0.256 e. The summed E-state index contributed by atoms with van der Waals surface area (Å²) in [6, 6.07) is 6.19. The second-order valence-corrected chi connectivity index (χ2v) is 5.84. The minimum absolute atomic E-state index is 0.173. The zero-order chi connectivity index (χ0) is 15.5. The molecule has 0 unspecified atom stereocenters. The summed E-state index contributed by atoms with van der Waals surface area (Å²) in [5, 5.41) is 0. The Labute approximate surface area is 129 Å². The van der Waals surface area contributed by atoms with Crippen molar-refractivity contribution in [1.29, 1.82) is 0 Å². The van der Waals surface area contributed by atoms with E-state index in [2.05, 4.69) is 9.55 Å². The summed E-state index contributed by atoms with van der Waals surface area (Å²) < 4.78 is 15.9. The molecule has 3 rings (SSSR count). The highest BCUT2D eigenvalue weighted by Gasteiger charge is 2.25. The first-order chi connectivity index (χ1) is 10.6. The van der Waals surface area contributed by atoms with E-state index < -0.39 is 5.82 Å².